The highest BCUT2D eigenvalue weighted by molar-refractivity contribution is 9.09. The minimum atomic E-state index is -1.22. The number of anilines is 2. The number of hydrogen-bond donors (Lipinski definition) is 1. The van der Waals surface area contributed by atoms with Gasteiger partial charge in [0, 0.05) is 48.9 Å². The van der Waals surface area contributed by atoms with Crippen LogP contribution in [0, 0.1) is 17.8 Å². The molecular formula is C34H49BrN4O5. The molecule has 3 aliphatic rings. The molecule has 3 saturated heterocycles. The average molecular weight is 674 g/mol. The predicted molar refractivity (Wildman–Crippen MR) is 178 cm³/mol. The molecule has 2 bridgehead atoms. The fourth-order valence-corrected chi connectivity index (χ4v) is 8.51. The number of rotatable bonds is 15. The van der Waals surface area contributed by atoms with Crippen molar-refractivity contribution >= 4 is 45.0 Å². The Bertz CT molecular complexity index is 1220. The number of fused-ring (bicyclic) bond motifs is 1. The number of likely N-dealkylation sites (tertiary alicyclic amines) is 1. The molecule has 0 aromatic heterocycles. The van der Waals surface area contributed by atoms with Crippen LogP contribution in [0.4, 0.5) is 11.4 Å². The number of halogens is 1. The Morgan fingerprint density at radius 2 is 1.70 bits per heavy atom. The van der Waals surface area contributed by atoms with Gasteiger partial charge in [-0.2, -0.15) is 0 Å². The fraction of sp³-hybridized carbons (Fsp3) is 0.618. The van der Waals surface area contributed by atoms with Gasteiger partial charge < -0.3 is 29.4 Å². The van der Waals surface area contributed by atoms with Gasteiger partial charge in [-0.1, -0.05) is 48.9 Å². The Hall–Kier alpha value is -2.69. The Balaban J connectivity index is 1.82. The molecule has 1 N–H and O–H groups in total. The SMILES string of the molecule is C=CCN(CCC)C(=O)[C@H]1[C@@H]2OC3(CC2Br)C(C(=O)N(CC=C)c2ccc(N(CC)CC)cc2)N([C@@H](CO)C(C)C)C(=O)[C@H]13. The molecule has 242 valence electrons. The molecule has 3 heterocycles. The standard InChI is InChI=1S/C34H49BrN4O5/c1-8-17-37(18-9-2)31(41)27-28-32(42)39(26(21-40)22(6)7)30(34(28)20-25(35)29(27)44-34)33(43)38(19-10-3)24-15-13-23(14-16-24)36(11-4)12-5/h8,10,13-16,22,25-30,40H,1,3,9,11-12,17-21H2,2,4-7H3/t25?,26-,27+,28-,29+,30?,34?/m0/s1. The second-order valence-electron chi connectivity index (χ2n) is 12.4. The minimum Gasteiger partial charge on any atom is -0.394 e. The van der Waals surface area contributed by atoms with Gasteiger partial charge in [-0.15, -0.1) is 13.2 Å². The van der Waals surface area contributed by atoms with Crippen LogP contribution >= 0.6 is 15.9 Å². The number of nitrogens with zero attached hydrogens (tertiary/aromatic N) is 4. The monoisotopic (exact) mass is 672 g/mol. The Morgan fingerprint density at radius 1 is 1.09 bits per heavy atom. The van der Waals surface area contributed by atoms with Crippen molar-refractivity contribution in [2.75, 3.05) is 49.1 Å². The molecule has 44 heavy (non-hydrogen) atoms. The zero-order chi connectivity index (χ0) is 32.3. The summed E-state index contributed by atoms with van der Waals surface area (Å²) in [4.78, 5) is 50.6. The maximum absolute atomic E-state index is 14.9. The first-order chi connectivity index (χ1) is 21.1. The van der Waals surface area contributed by atoms with Crippen molar-refractivity contribution in [2.45, 2.75) is 76.1 Å². The van der Waals surface area contributed by atoms with Gasteiger partial charge >= 0.3 is 0 Å². The average Bonchev–Trinajstić information content (AvgIpc) is 3.60. The zero-order valence-electron chi connectivity index (χ0n) is 26.8. The summed E-state index contributed by atoms with van der Waals surface area (Å²) in [5, 5.41) is 10.6. The number of benzene rings is 1. The largest absolute Gasteiger partial charge is 0.394 e. The van der Waals surface area contributed by atoms with Crippen LogP contribution in [0.5, 0.6) is 0 Å². The van der Waals surface area contributed by atoms with Crippen molar-refractivity contribution < 1.29 is 24.2 Å². The first kappa shape index (κ1) is 34.2. The van der Waals surface area contributed by atoms with Crippen molar-refractivity contribution in [1.29, 1.82) is 0 Å². The highest BCUT2D eigenvalue weighted by atomic mass is 79.9. The molecule has 4 rings (SSSR count). The van der Waals surface area contributed by atoms with E-state index in [1.165, 1.54) is 0 Å². The minimum absolute atomic E-state index is 0.140. The Labute approximate surface area is 271 Å². The molecule has 3 unspecified atom stereocenters. The number of aliphatic hydroxyl groups excluding tert-OH is 1. The van der Waals surface area contributed by atoms with Crippen molar-refractivity contribution in [1.82, 2.24) is 9.80 Å². The van der Waals surface area contributed by atoms with Crippen molar-refractivity contribution in [3.05, 3.63) is 49.6 Å². The van der Waals surface area contributed by atoms with Crippen molar-refractivity contribution in [3.63, 3.8) is 0 Å². The summed E-state index contributed by atoms with van der Waals surface area (Å²) in [6.45, 7) is 20.3. The van der Waals surface area contributed by atoms with Gasteiger partial charge in [-0.25, -0.2) is 0 Å². The first-order valence-corrected chi connectivity index (χ1v) is 16.9. The Morgan fingerprint density at radius 3 is 2.23 bits per heavy atom. The summed E-state index contributed by atoms with van der Waals surface area (Å²) in [6.07, 6.45) is 3.97. The molecule has 3 aliphatic heterocycles. The van der Waals surface area contributed by atoms with E-state index in [4.69, 9.17) is 4.74 Å². The van der Waals surface area contributed by atoms with E-state index in [-0.39, 0.29) is 41.6 Å². The lowest BCUT2D eigenvalue weighted by Gasteiger charge is -2.40. The van der Waals surface area contributed by atoms with Gasteiger partial charge in [0.15, 0.2) is 0 Å². The van der Waals surface area contributed by atoms with Crippen molar-refractivity contribution in [3.8, 4) is 0 Å². The Kier molecular flexibility index (Phi) is 11.0. The quantitative estimate of drug-likeness (QED) is 0.221. The van der Waals surface area contributed by atoms with Crippen LogP contribution in [0.1, 0.15) is 47.5 Å². The number of carbonyl (C=O) groups excluding carboxylic acids is 3. The van der Waals surface area contributed by atoms with E-state index < -0.39 is 35.6 Å². The van der Waals surface area contributed by atoms with Crippen molar-refractivity contribution in [2.24, 2.45) is 17.8 Å². The molecule has 1 spiro atoms. The molecule has 10 heteroatoms. The third-order valence-electron chi connectivity index (χ3n) is 9.58. The first-order valence-electron chi connectivity index (χ1n) is 16.0. The van der Waals surface area contributed by atoms with E-state index in [1.54, 1.807) is 26.9 Å². The summed E-state index contributed by atoms with van der Waals surface area (Å²) in [5.41, 5.74) is 0.514. The smallest absolute Gasteiger partial charge is 0.253 e. The number of alkyl halides is 1. The van der Waals surface area contributed by atoms with Gasteiger partial charge in [-0.3, -0.25) is 14.4 Å². The summed E-state index contributed by atoms with van der Waals surface area (Å²) in [5.74, 6) is -2.49. The maximum Gasteiger partial charge on any atom is 0.253 e. The van der Waals surface area contributed by atoms with Gasteiger partial charge in [0.25, 0.3) is 5.91 Å². The van der Waals surface area contributed by atoms with E-state index in [1.807, 2.05) is 45.0 Å². The second-order valence-corrected chi connectivity index (χ2v) is 13.6. The lowest BCUT2D eigenvalue weighted by Crippen LogP contribution is -2.60. The maximum atomic E-state index is 14.9. The number of amides is 3. The highest BCUT2D eigenvalue weighted by Crippen LogP contribution is 2.61. The normalized spacial score (nSPS) is 27.8. The molecular weight excluding hydrogens is 624 g/mol. The summed E-state index contributed by atoms with van der Waals surface area (Å²) < 4.78 is 6.74. The lowest BCUT2D eigenvalue weighted by atomic mass is 9.70. The van der Waals surface area contributed by atoms with Crippen LogP contribution in [0.2, 0.25) is 0 Å². The van der Waals surface area contributed by atoms with E-state index in [9.17, 15) is 19.5 Å². The third kappa shape index (κ3) is 5.73. The van der Waals surface area contributed by atoms with Crippen LogP contribution in [-0.4, -0.2) is 101 Å². The summed E-state index contributed by atoms with van der Waals surface area (Å²) >= 11 is 3.77. The van der Waals surface area contributed by atoms with E-state index >= 15 is 0 Å². The number of ether oxygens (including phenoxy) is 1. The van der Waals surface area contributed by atoms with E-state index in [0.29, 0.717) is 25.2 Å². The molecule has 0 saturated carbocycles. The topological polar surface area (TPSA) is 93.6 Å². The van der Waals surface area contributed by atoms with Gasteiger partial charge in [0.05, 0.1) is 30.6 Å². The van der Waals surface area contributed by atoms with E-state index in [0.717, 1.165) is 25.2 Å². The number of hydrogen-bond acceptors (Lipinski definition) is 6. The highest BCUT2D eigenvalue weighted by Gasteiger charge is 2.77. The molecule has 0 aliphatic carbocycles. The molecule has 1 aromatic carbocycles. The van der Waals surface area contributed by atoms with Crippen LogP contribution in [0.3, 0.4) is 0 Å². The predicted octanol–water partition coefficient (Wildman–Crippen LogP) is 4.24. The molecule has 1 aromatic rings. The van der Waals surface area contributed by atoms with Crippen LogP contribution in [0.25, 0.3) is 0 Å². The molecule has 9 nitrogen and oxygen atoms in total. The van der Waals surface area contributed by atoms with Crippen LogP contribution in [-0.2, 0) is 19.1 Å². The summed E-state index contributed by atoms with van der Waals surface area (Å²) in [7, 11) is 0. The van der Waals surface area contributed by atoms with Gasteiger partial charge in [-0.05, 0) is 56.9 Å². The lowest BCUT2D eigenvalue weighted by molar-refractivity contribution is -0.148. The molecule has 0 radical (unpaired) electrons. The molecule has 7 atom stereocenters. The second kappa shape index (κ2) is 14.2. The fourth-order valence-electron chi connectivity index (χ4n) is 7.57. The number of aliphatic hydroxyl groups is 1. The molecule has 3 fully saturated rings. The molecule has 3 amide bonds. The zero-order valence-corrected chi connectivity index (χ0v) is 28.4. The number of carbonyl (C=O) groups is 3. The van der Waals surface area contributed by atoms with Gasteiger partial charge in [0.1, 0.15) is 11.6 Å². The third-order valence-corrected chi connectivity index (χ3v) is 10.4. The van der Waals surface area contributed by atoms with Gasteiger partial charge in [0.2, 0.25) is 11.8 Å². The van der Waals surface area contributed by atoms with Crippen LogP contribution in [0.15, 0.2) is 49.6 Å². The van der Waals surface area contributed by atoms with Crippen LogP contribution < -0.4 is 9.80 Å². The van der Waals surface area contributed by atoms with E-state index in [2.05, 4.69) is 47.8 Å². The summed E-state index contributed by atoms with van der Waals surface area (Å²) in [6, 6.07) is 6.18.